The fraction of sp³-hybridized carbons (Fsp3) is 0.381. The lowest BCUT2D eigenvalue weighted by atomic mass is 10.3. The van der Waals surface area contributed by atoms with E-state index >= 15 is 0 Å². The molecule has 0 saturated heterocycles. The highest BCUT2D eigenvalue weighted by molar-refractivity contribution is 5.79. The molecule has 0 spiro atoms. The minimum Gasteiger partial charge on any atom is -0.493 e. The van der Waals surface area contributed by atoms with Crippen LogP contribution in [-0.2, 0) is 0 Å². The van der Waals surface area contributed by atoms with Crippen LogP contribution in [0.2, 0.25) is 0 Å². The highest BCUT2D eigenvalue weighted by Gasteiger charge is 2.09. The normalized spacial score (nSPS) is 12.2. The minimum absolute atomic E-state index is 0.0282. The Balaban J connectivity index is 1.64. The highest BCUT2D eigenvalue weighted by atomic mass is 16.5. The number of hydrogen-bond donors (Lipinski definition) is 3. The van der Waals surface area contributed by atoms with E-state index in [0.29, 0.717) is 6.54 Å². The first-order valence-corrected chi connectivity index (χ1v) is 9.26. The maximum Gasteiger partial charge on any atom is 0.191 e. The summed E-state index contributed by atoms with van der Waals surface area (Å²) >= 11 is 0. The van der Waals surface area contributed by atoms with Gasteiger partial charge >= 0.3 is 0 Å². The molecule has 0 fully saturated rings. The van der Waals surface area contributed by atoms with Gasteiger partial charge in [0.05, 0.1) is 13.7 Å². The van der Waals surface area contributed by atoms with Gasteiger partial charge in [-0.25, -0.2) is 0 Å². The summed E-state index contributed by atoms with van der Waals surface area (Å²) < 4.78 is 11.3. The Morgan fingerprint density at radius 1 is 0.963 bits per heavy atom. The van der Waals surface area contributed by atoms with E-state index in [9.17, 15) is 0 Å². The molecule has 2 aromatic carbocycles. The Hall–Kier alpha value is -2.89. The summed E-state index contributed by atoms with van der Waals surface area (Å²) in [6.07, 6.45) is 0.961. The topological polar surface area (TPSA) is 66.9 Å². The number of ether oxygens (including phenoxy) is 2. The van der Waals surface area contributed by atoms with Gasteiger partial charge in [0.2, 0.25) is 0 Å². The number of nitrogens with zero attached hydrogens (tertiary/aromatic N) is 1. The molecule has 6 nitrogen and oxygen atoms in total. The fourth-order valence-electron chi connectivity index (χ4n) is 2.52. The second kappa shape index (κ2) is 11.7. The van der Waals surface area contributed by atoms with Gasteiger partial charge in [-0.05, 0) is 37.6 Å². The number of nitrogens with one attached hydrogen (secondary N) is 3. The van der Waals surface area contributed by atoms with Crippen LogP contribution in [0.5, 0.6) is 11.5 Å². The number of rotatable bonds is 10. The van der Waals surface area contributed by atoms with Crippen LogP contribution in [0, 0.1) is 0 Å². The molecule has 0 aromatic heterocycles. The first-order valence-electron chi connectivity index (χ1n) is 9.26. The van der Waals surface area contributed by atoms with Crippen molar-refractivity contribution in [3.05, 3.63) is 54.6 Å². The number of anilines is 1. The first kappa shape index (κ1) is 20.4. The van der Waals surface area contributed by atoms with Gasteiger partial charge in [-0.15, -0.1) is 0 Å². The summed E-state index contributed by atoms with van der Waals surface area (Å²) in [5.74, 6) is 2.24. The van der Waals surface area contributed by atoms with Crippen molar-refractivity contribution in [3.8, 4) is 11.5 Å². The molecule has 1 atom stereocenters. The fourth-order valence-corrected chi connectivity index (χ4v) is 2.52. The largest absolute Gasteiger partial charge is 0.493 e. The number of guanidine groups is 1. The number of hydrogen-bond acceptors (Lipinski definition) is 4. The van der Waals surface area contributed by atoms with E-state index in [2.05, 4.69) is 33.1 Å². The van der Waals surface area contributed by atoms with Gasteiger partial charge in [0, 0.05) is 25.8 Å². The van der Waals surface area contributed by atoms with Gasteiger partial charge in [-0.2, -0.15) is 0 Å². The van der Waals surface area contributed by atoms with Gasteiger partial charge in [0.25, 0.3) is 0 Å². The summed E-state index contributed by atoms with van der Waals surface area (Å²) in [5.41, 5.74) is 1.14. The maximum absolute atomic E-state index is 5.94. The van der Waals surface area contributed by atoms with Crippen molar-refractivity contribution >= 4 is 11.6 Å². The molecule has 0 aliphatic carbocycles. The zero-order valence-corrected chi connectivity index (χ0v) is 16.4. The molecule has 146 valence electrons. The molecule has 27 heavy (non-hydrogen) atoms. The molecule has 1 unspecified atom stereocenters. The van der Waals surface area contributed by atoms with Crippen molar-refractivity contribution in [1.29, 1.82) is 0 Å². The van der Waals surface area contributed by atoms with E-state index in [1.54, 1.807) is 14.2 Å². The molecule has 0 amide bonds. The summed E-state index contributed by atoms with van der Waals surface area (Å²) in [6.45, 7) is 4.39. The second-order valence-electron chi connectivity index (χ2n) is 6.11. The molecule has 0 radical (unpaired) electrons. The van der Waals surface area contributed by atoms with Crippen LogP contribution in [0.15, 0.2) is 59.6 Å². The van der Waals surface area contributed by atoms with E-state index < -0.39 is 0 Å². The zero-order chi connectivity index (χ0) is 19.3. The third kappa shape index (κ3) is 7.48. The lowest BCUT2D eigenvalue weighted by molar-refractivity contribution is 0.213. The van der Waals surface area contributed by atoms with Crippen LogP contribution in [-0.4, -0.2) is 45.9 Å². The Kier molecular flexibility index (Phi) is 8.83. The van der Waals surface area contributed by atoms with Crippen LogP contribution in [0.25, 0.3) is 0 Å². The molecule has 0 heterocycles. The molecule has 2 rings (SSSR count). The third-order valence-corrected chi connectivity index (χ3v) is 3.93. The van der Waals surface area contributed by atoms with Gasteiger partial charge in [-0.3, -0.25) is 4.99 Å². The molecule has 2 aromatic rings. The molecule has 0 saturated carbocycles. The second-order valence-corrected chi connectivity index (χ2v) is 6.11. The standard InChI is InChI=1S/C21H30N4O2/c1-17(27-20-13-8-7-12-19(20)26-3)16-25-21(22-2)24-15-9-14-23-18-10-5-4-6-11-18/h4-8,10-13,17,23H,9,14-16H2,1-3H3,(H2,22,24,25). The zero-order valence-electron chi connectivity index (χ0n) is 16.4. The van der Waals surface area contributed by atoms with Crippen molar-refractivity contribution in [3.63, 3.8) is 0 Å². The average Bonchev–Trinajstić information content (AvgIpc) is 2.71. The molecule has 0 aliphatic heterocycles. The van der Waals surface area contributed by atoms with Crippen molar-refractivity contribution < 1.29 is 9.47 Å². The van der Waals surface area contributed by atoms with Crippen LogP contribution >= 0.6 is 0 Å². The Morgan fingerprint density at radius 2 is 1.67 bits per heavy atom. The molecular weight excluding hydrogens is 340 g/mol. The summed E-state index contributed by atoms with van der Waals surface area (Å²) in [6, 6.07) is 17.9. The quantitative estimate of drug-likeness (QED) is 0.341. The summed E-state index contributed by atoms with van der Waals surface area (Å²) in [7, 11) is 3.41. The lowest BCUT2D eigenvalue weighted by Gasteiger charge is -2.19. The van der Waals surface area contributed by atoms with Crippen LogP contribution in [0.4, 0.5) is 5.69 Å². The summed E-state index contributed by atoms with van der Waals surface area (Å²) in [4.78, 5) is 4.25. The van der Waals surface area contributed by atoms with E-state index in [1.807, 2.05) is 49.4 Å². The van der Waals surface area contributed by atoms with Crippen LogP contribution in [0.3, 0.4) is 0 Å². The smallest absolute Gasteiger partial charge is 0.191 e. The molecule has 6 heteroatoms. The summed E-state index contributed by atoms with van der Waals surface area (Å²) in [5, 5.41) is 10.00. The first-order chi connectivity index (χ1) is 13.2. The minimum atomic E-state index is -0.0282. The Morgan fingerprint density at radius 3 is 2.37 bits per heavy atom. The number of para-hydroxylation sites is 3. The molecule has 0 bridgehead atoms. The Labute approximate surface area is 162 Å². The van der Waals surface area contributed by atoms with Crippen LogP contribution in [0.1, 0.15) is 13.3 Å². The predicted octanol–water partition coefficient (Wildman–Crippen LogP) is 3.13. The van der Waals surface area contributed by atoms with E-state index in [-0.39, 0.29) is 6.10 Å². The lowest BCUT2D eigenvalue weighted by Crippen LogP contribution is -2.42. The van der Waals surface area contributed by atoms with Gasteiger partial charge in [-0.1, -0.05) is 30.3 Å². The van der Waals surface area contributed by atoms with Gasteiger partial charge in [0.15, 0.2) is 17.5 Å². The van der Waals surface area contributed by atoms with E-state index in [0.717, 1.165) is 42.7 Å². The maximum atomic E-state index is 5.94. The highest BCUT2D eigenvalue weighted by Crippen LogP contribution is 2.26. The van der Waals surface area contributed by atoms with Crippen molar-refractivity contribution in [2.45, 2.75) is 19.4 Å². The van der Waals surface area contributed by atoms with Crippen molar-refractivity contribution in [2.24, 2.45) is 4.99 Å². The number of aliphatic imine (C=N–C) groups is 1. The van der Waals surface area contributed by atoms with E-state index in [1.165, 1.54) is 0 Å². The third-order valence-electron chi connectivity index (χ3n) is 3.93. The molecule has 3 N–H and O–H groups in total. The van der Waals surface area contributed by atoms with Gasteiger partial charge in [0.1, 0.15) is 6.10 Å². The van der Waals surface area contributed by atoms with Crippen molar-refractivity contribution in [1.82, 2.24) is 10.6 Å². The van der Waals surface area contributed by atoms with Crippen LogP contribution < -0.4 is 25.4 Å². The average molecular weight is 370 g/mol. The monoisotopic (exact) mass is 370 g/mol. The SMILES string of the molecule is CN=C(NCCCNc1ccccc1)NCC(C)Oc1ccccc1OC. The number of methoxy groups -OCH3 is 1. The predicted molar refractivity (Wildman–Crippen MR) is 112 cm³/mol. The van der Waals surface area contributed by atoms with E-state index in [4.69, 9.17) is 9.47 Å². The molecular formula is C21H30N4O2. The Bertz CT molecular complexity index is 692. The van der Waals surface area contributed by atoms with Crippen molar-refractivity contribution in [2.75, 3.05) is 39.1 Å². The number of benzene rings is 2. The van der Waals surface area contributed by atoms with Gasteiger partial charge < -0.3 is 25.4 Å². The molecule has 0 aliphatic rings.